The molecule has 1 aliphatic carbocycles. The van der Waals surface area contributed by atoms with E-state index in [1.807, 2.05) is 6.07 Å². The number of aromatic nitrogens is 3. The van der Waals surface area contributed by atoms with E-state index in [0.717, 1.165) is 37.6 Å². The van der Waals surface area contributed by atoms with Crippen molar-refractivity contribution in [3.8, 4) is 17.1 Å². The largest absolute Gasteiger partial charge is 0.492 e. The molecule has 0 atom stereocenters. The Labute approximate surface area is 192 Å². The molecule has 0 bridgehead atoms. The number of hydrogen-bond acceptors (Lipinski definition) is 4. The Hall–Kier alpha value is -3.07. The summed E-state index contributed by atoms with van der Waals surface area (Å²) in [6.45, 7) is 0.446. The van der Waals surface area contributed by atoms with Crippen LogP contribution in [0.3, 0.4) is 0 Å². The molecule has 10 heteroatoms. The molecule has 0 amide bonds. The number of H-pyrrole nitrogens is 1. The number of carboxylic acid groups (broad SMARTS) is 1. The molecule has 1 saturated carbocycles. The van der Waals surface area contributed by atoms with Crippen molar-refractivity contribution in [3.05, 3.63) is 64.7 Å². The van der Waals surface area contributed by atoms with E-state index >= 15 is 0 Å². The minimum absolute atomic E-state index is 0.0107. The van der Waals surface area contributed by atoms with Crippen molar-refractivity contribution in [1.82, 2.24) is 15.0 Å². The van der Waals surface area contributed by atoms with Gasteiger partial charge in [0.25, 0.3) is 0 Å². The second kappa shape index (κ2) is 9.43. The zero-order valence-electron chi connectivity index (χ0n) is 17.4. The van der Waals surface area contributed by atoms with Gasteiger partial charge in [-0.3, -0.25) is 4.98 Å². The number of nitrogens with one attached hydrogen (secondary N) is 1. The van der Waals surface area contributed by atoms with Crippen LogP contribution in [0.15, 0.2) is 42.7 Å². The zero-order chi connectivity index (χ0) is 23.6. The predicted molar refractivity (Wildman–Crippen MR) is 115 cm³/mol. The highest BCUT2D eigenvalue weighted by Crippen LogP contribution is 2.37. The summed E-state index contributed by atoms with van der Waals surface area (Å²) in [5.41, 5.74) is 0.518. The normalized spacial score (nSPS) is 18.8. The van der Waals surface area contributed by atoms with Gasteiger partial charge in [-0.1, -0.05) is 17.7 Å². The summed E-state index contributed by atoms with van der Waals surface area (Å²) in [7, 11) is 0. The molecule has 6 nitrogen and oxygen atoms in total. The molecule has 174 valence electrons. The summed E-state index contributed by atoms with van der Waals surface area (Å²) in [5, 5.41) is 9.26. The topological polar surface area (TPSA) is 88.1 Å². The number of carbonyl (C=O) groups is 1. The van der Waals surface area contributed by atoms with Crippen LogP contribution in [0.25, 0.3) is 11.4 Å². The molecule has 1 aliphatic rings. The summed E-state index contributed by atoms with van der Waals surface area (Å²) in [4.78, 5) is 21.7. The third kappa shape index (κ3) is 5.30. The van der Waals surface area contributed by atoms with E-state index < -0.39 is 17.8 Å². The van der Waals surface area contributed by atoms with Gasteiger partial charge in [0.05, 0.1) is 23.4 Å². The van der Waals surface area contributed by atoms with E-state index in [1.165, 1.54) is 6.07 Å². The van der Waals surface area contributed by atoms with E-state index in [-0.39, 0.29) is 22.3 Å². The van der Waals surface area contributed by atoms with Crippen LogP contribution in [0.1, 0.15) is 53.3 Å². The van der Waals surface area contributed by atoms with Crippen LogP contribution in [0.4, 0.5) is 13.2 Å². The molecule has 2 heterocycles. The Morgan fingerprint density at radius 2 is 1.88 bits per heavy atom. The molecule has 2 N–H and O–H groups in total. The lowest BCUT2D eigenvalue weighted by Crippen LogP contribution is -2.20. The van der Waals surface area contributed by atoms with Gasteiger partial charge in [-0.25, -0.2) is 9.78 Å². The number of pyridine rings is 1. The molecule has 1 aromatic carbocycles. The zero-order valence-corrected chi connectivity index (χ0v) is 18.2. The third-order valence-electron chi connectivity index (χ3n) is 5.87. The van der Waals surface area contributed by atoms with Crippen LogP contribution in [-0.2, 0) is 6.18 Å². The number of alkyl halides is 3. The standard InChI is InChI=1S/C23H21ClF3N3O3/c24-20-16(22(31)32)2-1-3-18(20)33-12-13-4-6-14(7-5-13)17-9-8-15(10-28-17)21-29-11-19(30-21)23(25,26)27/h1-3,8-11,13-14H,4-7,12H2,(H,29,30)(H,31,32). The Kier molecular flexibility index (Phi) is 6.60. The molecular weight excluding hydrogens is 459 g/mol. The molecule has 4 rings (SSSR count). The third-order valence-corrected chi connectivity index (χ3v) is 6.26. The van der Waals surface area contributed by atoms with Crippen molar-refractivity contribution in [1.29, 1.82) is 0 Å². The second-order valence-electron chi connectivity index (χ2n) is 8.07. The fourth-order valence-corrected chi connectivity index (χ4v) is 4.28. The second-order valence-corrected chi connectivity index (χ2v) is 8.44. The fraction of sp³-hybridized carbons (Fsp3) is 0.348. The number of benzene rings is 1. The number of aromatic carboxylic acids is 1. The molecule has 1 fully saturated rings. The first-order valence-corrected chi connectivity index (χ1v) is 10.8. The van der Waals surface area contributed by atoms with Gasteiger partial charge in [-0.05, 0) is 55.9 Å². The predicted octanol–water partition coefficient (Wildman–Crippen LogP) is 6.19. The lowest BCUT2D eigenvalue weighted by atomic mass is 9.80. The van der Waals surface area contributed by atoms with Crippen LogP contribution in [0.2, 0.25) is 5.02 Å². The van der Waals surface area contributed by atoms with E-state index in [2.05, 4.69) is 15.0 Å². The van der Waals surface area contributed by atoms with Gasteiger partial charge in [-0.15, -0.1) is 0 Å². The van der Waals surface area contributed by atoms with Crippen LogP contribution in [0.5, 0.6) is 5.75 Å². The Morgan fingerprint density at radius 3 is 2.48 bits per heavy atom. The smallest absolute Gasteiger partial charge is 0.432 e. The number of rotatable bonds is 6. The minimum Gasteiger partial charge on any atom is -0.492 e. The number of nitrogens with zero attached hydrogens (tertiary/aromatic N) is 2. The number of hydrogen-bond donors (Lipinski definition) is 2. The number of carboxylic acids is 1. The van der Waals surface area contributed by atoms with Crippen molar-refractivity contribution in [3.63, 3.8) is 0 Å². The maximum atomic E-state index is 12.8. The van der Waals surface area contributed by atoms with Crippen molar-refractivity contribution < 1.29 is 27.8 Å². The summed E-state index contributed by atoms with van der Waals surface area (Å²) in [6.07, 6.45) is 1.49. The molecule has 2 aromatic heterocycles. The monoisotopic (exact) mass is 479 g/mol. The Bertz CT molecular complexity index is 1120. The van der Waals surface area contributed by atoms with E-state index in [1.54, 1.807) is 24.4 Å². The first-order valence-electron chi connectivity index (χ1n) is 10.5. The SMILES string of the molecule is O=C(O)c1cccc(OCC2CCC(c3ccc(-c4ncc(C(F)(F)F)[nH]4)cn3)CC2)c1Cl. The average Bonchev–Trinajstić information content (AvgIpc) is 3.30. The number of halogens is 4. The Balaban J connectivity index is 1.32. The number of imidazole rings is 1. The highest BCUT2D eigenvalue weighted by Gasteiger charge is 2.33. The van der Waals surface area contributed by atoms with E-state index in [4.69, 9.17) is 21.4 Å². The van der Waals surface area contributed by atoms with Crippen molar-refractivity contribution in [2.24, 2.45) is 5.92 Å². The quantitative estimate of drug-likeness (QED) is 0.439. The molecule has 33 heavy (non-hydrogen) atoms. The maximum absolute atomic E-state index is 12.8. The highest BCUT2D eigenvalue weighted by molar-refractivity contribution is 6.34. The van der Waals surface area contributed by atoms with E-state index in [0.29, 0.717) is 23.8 Å². The molecule has 0 unspecified atom stereocenters. The van der Waals surface area contributed by atoms with Gasteiger partial charge in [0.1, 0.15) is 17.3 Å². The molecular formula is C23H21ClF3N3O3. The minimum atomic E-state index is -4.47. The first-order chi connectivity index (χ1) is 15.7. The number of ether oxygens (including phenoxy) is 1. The lowest BCUT2D eigenvalue weighted by Gasteiger charge is -2.28. The molecule has 3 aromatic rings. The van der Waals surface area contributed by atoms with Crippen molar-refractivity contribution in [2.45, 2.75) is 37.8 Å². The van der Waals surface area contributed by atoms with Gasteiger partial charge in [0.15, 0.2) is 0 Å². The van der Waals surface area contributed by atoms with Gasteiger partial charge < -0.3 is 14.8 Å². The summed E-state index contributed by atoms with van der Waals surface area (Å²) in [5.74, 6) is -0.0294. The highest BCUT2D eigenvalue weighted by atomic mass is 35.5. The van der Waals surface area contributed by atoms with E-state index in [9.17, 15) is 18.0 Å². The first kappa shape index (κ1) is 23.1. The summed E-state index contributed by atoms with van der Waals surface area (Å²) >= 11 is 6.13. The molecule has 0 radical (unpaired) electrons. The van der Waals surface area contributed by atoms with Crippen molar-refractivity contribution >= 4 is 17.6 Å². The average molecular weight is 480 g/mol. The summed E-state index contributed by atoms with van der Waals surface area (Å²) < 4.78 is 44.0. The van der Waals surface area contributed by atoms with Gasteiger partial charge >= 0.3 is 12.1 Å². The lowest BCUT2D eigenvalue weighted by molar-refractivity contribution is -0.140. The molecule has 0 saturated heterocycles. The molecule has 0 aliphatic heterocycles. The molecule has 0 spiro atoms. The van der Waals surface area contributed by atoms with Gasteiger partial charge in [-0.2, -0.15) is 13.2 Å². The van der Waals surface area contributed by atoms with Crippen LogP contribution < -0.4 is 4.74 Å². The van der Waals surface area contributed by atoms with Crippen LogP contribution in [-0.4, -0.2) is 32.6 Å². The van der Waals surface area contributed by atoms with Crippen molar-refractivity contribution in [2.75, 3.05) is 6.61 Å². The van der Waals surface area contributed by atoms with Crippen LogP contribution >= 0.6 is 11.6 Å². The van der Waals surface area contributed by atoms with Crippen LogP contribution in [0, 0.1) is 5.92 Å². The van der Waals surface area contributed by atoms with Gasteiger partial charge in [0, 0.05) is 23.4 Å². The van der Waals surface area contributed by atoms with Gasteiger partial charge in [0.2, 0.25) is 0 Å². The maximum Gasteiger partial charge on any atom is 0.432 e. The number of aromatic amines is 1. The Morgan fingerprint density at radius 1 is 1.12 bits per heavy atom. The fourth-order valence-electron chi connectivity index (χ4n) is 4.02. The summed E-state index contributed by atoms with van der Waals surface area (Å²) in [6, 6.07) is 8.26.